The van der Waals surface area contributed by atoms with Crippen molar-refractivity contribution in [2.45, 2.75) is 45.6 Å². The smallest absolute Gasteiger partial charge is 0.221 e. The van der Waals surface area contributed by atoms with Crippen molar-refractivity contribution in [3.05, 3.63) is 63.9 Å². The predicted molar refractivity (Wildman–Crippen MR) is 112 cm³/mol. The molecule has 3 heterocycles. The van der Waals surface area contributed by atoms with Gasteiger partial charge in [-0.25, -0.2) is 4.98 Å². The Morgan fingerprint density at radius 1 is 1.24 bits per heavy atom. The number of rotatable bonds is 8. The van der Waals surface area contributed by atoms with Gasteiger partial charge in [0.1, 0.15) is 0 Å². The number of carbonyl (C=O) groups is 1. The molecule has 0 unspecified atom stereocenters. The molecule has 4 rings (SSSR count). The van der Waals surface area contributed by atoms with Gasteiger partial charge >= 0.3 is 0 Å². The molecule has 1 amide bonds. The van der Waals surface area contributed by atoms with Crippen LogP contribution in [0.15, 0.2) is 40.3 Å². The fourth-order valence-electron chi connectivity index (χ4n) is 3.07. The Bertz CT molecular complexity index is 1110. The number of fused-ring (bicyclic) bond motifs is 1. The van der Waals surface area contributed by atoms with E-state index in [-0.39, 0.29) is 5.91 Å². The van der Waals surface area contributed by atoms with Gasteiger partial charge in [0.2, 0.25) is 17.7 Å². The first kappa shape index (κ1) is 19.3. The van der Waals surface area contributed by atoms with E-state index in [1.807, 2.05) is 29.8 Å². The highest BCUT2D eigenvalue weighted by atomic mass is 32.1. The summed E-state index contributed by atoms with van der Waals surface area (Å²) in [4.78, 5) is 19.9. The average Bonchev–Trinajstić information content (AvgIpc) is 3.45. The maximum absolute atomic E-state index is 12.1. The number of hydrogen-bond donors (Lipinski definition) is 2. The van der Waals surface area contributed by atoms with Gasteiger partial charge in [-0.1, -0.05) is 32.0 Å². The highest BCUT2D eigenvalue weighted by molar-refractivity contribution is 7.09. The number of aromatic amines is 1. The van der Waals surface area contributed by atoms with Crippen molar-refractivity contribution in [1.29, 1.82) is 0 Å². The van der Waals surface area contributed by atoms with Crippen LogP contribution < -0.4 is 5.32 Å². The molecule has 0 atom stereocenters. The van der Waals surface area contributed by atoms with Crippen LogP contribution in [0.1, 0.15) is 54.2 Å². The summed E-state index contributed by atoms with van der Waals surface area (Å²) < 4.78 is 5.72. The quantitative estimate of drug-likeness (QED) is 0.459. The van der Waals surface area contributed by atoms with E-state index < -0.39 is 0 Å². The third-order valence-corrected chi connectivity index (χ3v) is 5.82. The lowest BCUT2D eigenvalue weighted by molar-refractivity contribution is -0.121. The van der Waals surface area contributed by atoms with E-state index in [1.165, 1.54) is 0 Å². The predicted octanol–water partition coefficient (Wildman–Crippen LogP) is 3.97. The Kier molecular flexibility index (Phi) is 5.71. The molecule has 1 aromatic carbocycles. The van der Waals surface area contributed by atoms with Gasteiger partial charge in [-0.2, -0.15) is 0 Å². The van der Waals surface area contributed by atoms with Gasteiger partial charge in [-0.3, -0.25) is 4.79 Å². The molecule has 0 aliphatic heterocycles. The van der Waals surface area contributed by atoms with Crippen LogP contribution in [-0.4, -0.2) is 26.1 Å². The first-order valence-corrected chi connectivity index (χ1v) is 10.5. The second-order valence-corrected chi connectivity index (χ2v) is 8.12. The largest absolute Gasteiger partial charge is 0.425 e. The molecule has 0 aliphatic rings. The van der Waals surface area contributed by atoms with Crippen LogP contribution in [0.25, 0.3) is 10.9 Å². The molecule has 0 bridgehead atoms. The maximum atomic E-state index is 12.1. The number of H-pyrrole nitrogens is 1. The average molecular weight is 410 g/mol. The van der Waals surface area contributed by atoms with Crippen molar-refractivity contribution in [2.75, 3.05) is 0 Å². The van der Waals surface area contributed by atoms with Crippen molar-refractivity contribution >= 4 is 28.1 Å². The summed E-state index contributed by atoms with van der Waals surface area (Å²) >= 11 is 1.63. The van der Waals surface area contributed by atoms with Crippen molar-refractivity contribution in [2.24, 2.45) is 0 Å². The van der Waals surface area contributed by atoms with Crippen LogP contribution >= 0.6 is 11.3 Å². The molecule has 2 N–H and O–H groups in total. The molecule has 0 fully saturated rings. The maximum Gasteiger partial charge on any atom is 0.221 e. The van der Waals surface area contributed by atoms with Crippen LogP contribution in [-0.2, 0) is 24.2 Å². The molecule has 0 aliphatic carbocycles. The van der Waals surface area contributed by atoms with Crippen LogP contribution in [0.4, 0.5) is 0 Å². The zero-order chi connectivity index (χ0) is 20.2. The Hall–Kier alpha value is -3.00. The topological polar surface area (TPSA) is 96.7 Å². The highest BCUT2D eigenvalue weighted by Gasteiger charge is 2.12. The van der Waals surface area contributed by atoms with Crippen molar-refractivity contribution in [1.82, 2.24) is 25.5 Å². The summed E-state index contributed by atoms with van der Waals surface area (Å²) in [7, 11) is 0. The van der Waals surface area contributed by atoms with Gasteiger partial charge in [0.15, 0.2) is 0 Å². The van der Waals surface area contributed by atoms with E-state index in [2.05, 4.69) is 45.4 Å². The number of para-hydroxylation sites is 1. The van der Waals surface area contributed by atoms with Crippen molar-refractivity contribution in [3.8, 4) is 0 Å². The Balaban J connectivity index is 1.27. The van der Waals surface area contributed by atoms with Crippen LogP contribution in [0.2, 0.25) is 0 Å². The highest BCUT2D eigenvalue weighted by Crippen LogP contribution is 2.21. The lowest BCUT2D eigenvalue weighted by Gasteiger charge is -2.02. The number of benzene rings is 1. The Morgan fingerprint density at radius 3 is 2.90 bits per heavy atom. The number of carbonyl (C=O) groups excluding carboxylic acids is 1. The molecule has 4 aromatic rings. The molecule has 0 saturated carbocycles. The second kappa shape index (κ2) is 8.57. The number of nitrogens with zero attached hydrogens (tertiary/aromatic N) is 3. The fourth-order valence-corrected chi connectivity index (χ4v) is 3.90. The van der Waals surface area contributed by atoms with Gasteiger partial charge in [0, 0.05) is 41.2 Å². The number of hydrogen-bond acceptors (Lipinski definition) is 6. The van der Waals surface area contributed by atoms with Crippen LogP contribution in [0.3, 0.4) is 0 Å². The van der Waals surface area contributed by atoms with E-state index in [0.717, 1.165) is 27.2 Å². The Labute approximate surface area is 172 Å². The zero-order valence-electron chi connectivity index (χ0n) is 16.4. The summed E-state index contributed by atoms with van der Waals surface area (Å²) in [5, 5.41) is 15.3. The summed E-state index contributed by atoms with van der Waals surface area (Å²) in [6.45, 7) is 4.66. The SMILES string of the molecule is CC(C)c1nc(CNC(=O)CCc2nnc(Cc3c[nH]c4ccccc34)o2)cs1. The second-order valence-electron chi connectivity index (χ2n) is 7.23. The van der Waals surface area contributed by atoms with Gasteiger partial charge in [-0.05, 0) is 11.6 Å². The summed E-state index contributed by atoms with van der Waals surface area (Å²) in [5.74, 6) is 1.38. The molecule has 8 heteroatoms. The summed E-state index contributed by atoms with van der Waals surface area (Å²) in [6, 6.07) is 8.10. The van der Waals surface area contributed by atoms with Gasteiger partial charge in [0.05, 0.1) is 23.7 Å². The zero-order valence-corrected chi connectivity index (χ0v) is 17.3. The Morgan fingerprint density at radius 2 is 2.07 bits per heavy atom. The summed E-state index contributed by atoms with van der Waals surface area (Å²) in [5.41, 5.74) is 3.09. The molecule has 150 valence electrons. The van der Waals surface area contributed by atoms with E-state index in [0.29, 0.717) is 43.5 Å². The molecule has 29 heavy (non-hydrogen) atoms. The molecule has 0 saturated heterocycles. The lowest BCUT2D eigenvalue weighted by atomic mass is 10.1. The summed E-state index contributed by atoms with van der Waals surface area (Å²) in [6.07, 6.45) is 3.24. The van der Waals surface area contributed by atoms with Crippen LogP contribution in [0, 0.1) is 0 Å². The van der Waals surface area contributed by atoms with Crippen molar-refractivity contribution in [3.63, 3.8) is 0 Å². The van der Waals surface area contributed by atoms with Gasteiger partial charge in [-0.15, -0.1) is 21.5 Å². The normalized spacial score (nSPS) is 11.4. The number of aromatic nitrogens is 4. The van der Waals surface area contributed by atoms with Crippen molar-refractivity contribution < 1.29 is 9.21 Å². The minimum atomic E-state index is -0.0551. The fraction of sp³-hybridized carbons (Fsp3) is 0.333. The molecule has 0 radical (unpaired) electrons. The van der Waals surface area contributed by atoms with E-state index >= 15 is 0 Å². The molecular weight excluding hydrogens is 386 g/mol. The minimum Gasteiger partial charge on any atom is -0.425 e. The number of amides is 1. The first-order chi connectivity index (χ1) is 14.1. The molecule has 3 aromatic heterocycles. The minimum absolute atomic E-state index is 0.0551. The van der Waals surface area contributed by atoms with Gasteiger partial charge in [0.25, 0.3) is 0 Å². The third kappa shape index (κ3) is 4.71. The number of thiazole rings is 1. The van der Waals surface area contributed by atoms with Gasteiger partial charge < -0.3 is 14.7 Å². The number of aryl methyl sites for hydroxylation is 1. The molecule has 7 nitrogen and oxygen atoms in total. The van der Waals surface area contributed by atoms with Crippen LogP contribution in [0.5, 0.6) is 0 Å². The van der Waals surface area contributed by atoms with E-state index in [4.69, 9.17) is 4.42 Å². The molecule has 0 spiro atoms. The standard InChI is InChI=1S/C21H23N5O2S/c1-13(2)21-24-15(12-29-21)11-23-18(27)7-8-19-25-26-20(28-19)9-14-10-22-17-6-4-3-5-16(14)17/h3-6,10,12-13,22H,7-9,11H2,1-2H3,(H,23,27). The molecular formula is C21H23N5O2S. The third-order valence-electron chi connectivity index (χ3n) is 4.62. The number of nitrogens with one attached hydrogen (secondary N) is 2. The van der Waals surface area contributed by atoms with E-state index in [9.17, 15) is 4.79 Å². The van der Waals surface area contributed by atoms with E-state index in [1.54, 1.807) is 11.3 Å². The monoisotopic (exact) mass is 409 g/mol. The lowest BCUT2D eigenvalue weighted by Crippen LogP contribution is -2.23. The first-order valence-electron chi connectivity index (χ1n) is 9.65.